The first-order valence-electron chi connectivity index (χ1n) is 7.71. The molecule has 0 spiro atoms. The summed E-state index contributed by atoms with van der Waals surface area (Å²) in [6.07, 6.45) is 1.72. The molecule has 3 rings (SSSR count). The first kappa shape index (κ1) is 18.1. The molecule has 0 aromatic heterocycles. The van der Waals surface area contributed by atoms with Crippen molar-refractivity contribution >= 4 is 46.2 Å². The number of nitrogens with zero attached hydrogens (tertiary/aromatic N) is 2. The molecular weight excluding hydrogens is 370 g/mol. The van der Waals surface area contributed by atoms with Crippen molar-refractivity contribution in [2.45, 2.75) is 6.92 Å². The van der Waals surface area contributed by atoms with E-state index >= 15 is 0 Å². The number of amides is 1. The number of carbonyl (C=O) groups excluding carboxylic acids is 1. The van der Waals surface area contributed by atoms with Gasteiger partial charge in [-0.05, 0) is 48.5 Å². The monoisotopic (exact) mass is 383 g/mol. The predicted molar refractivity (Wildman–Crippen MR) is 105 cm³/mol. The molecule has 1 aliphatic heterocycles. The van der Waals surface area contributed by atoms with Crippen molar-refractivity contribution in [3.63, 3.8) is 0 Å². The summed E-state index contributed by atoms with van der Waals surface area (Å²) in [7, 11) is 0. The Morgan fingerprint density at radius 2 is 2.15 bits per heavy atom. The number of amidine groups is 1. The SMILES string of the molecule is Cc1ccc(N=C2NC(=O)/C(=C/c3ccccc3OCC#N)S2)cc1Cl. The van der Waals surface area contributed by atoms with Gasteiger partial charge in [-0.15, -0.1) is 0 Å². The molecule has 1 aliphatic rings. The van der Waals surface area contributed by atoms with Gasteiger partial charge in [0.2, 0.25) is 0 Å². The molecule has 1 N–H and O–H groups in total. The number of halogens is 1. The van der Waals surface area contributed by atoms with Gasteiger partial charge in [0.1, 0.15) is 11.8 Å². The molecule has 0 unspecified atom stereocenters. The van der Waals surface area contributed by atoms with Crippen LogP contribution in [-0.4, -0.2) is 17.7 Å². The number of nitrogens with one attached hydrogen (secondary N) is 1. The van der Waals surface area contributed by atoms with E-state index in [1.807, 2.05) is 43.3 Å². The van der Waals surface area contributed by atoms with Crippen molar-refractivity contribution < 1.29 is 9.53 Å². The zero-order valence-electron chi connectivity index (χ0n) is 13.8. The minimum absolute atomic E-state index is 0.0551. The highest BCUT2D eigenvalue weighted by Crippen LogP contribution is 2.31. The standard InChI is InChI=1S/C19H14ClN3O2S/c1-12-6-7-14(11-15(12)20)22-19-23-18(24)17(26-19)10-13-4-2-3-5-16(13)25-9-8-21/h2-7,10-11H,9H2,1H3,(H,22,23,24)/b17-10-. The molecule has 1 saturated heterocycles. The molecule has 130 valence electrons. The fourth-order valence-corrected chi connectivity index (χ4v) is 3.24. The van der Waals surface area contributed by atoms with Gasteiger partial charge in [-0.25, -0.2) is 4.99 Å². The summed E-state index contributed by atoms with van der Waals surface area (Å²) >= 11 is 7.35. The average molecular weight is 384 g/mol. The van der Waals surface area contributed by atoms with Crippen molar-refractivity contribution in [3.05, 3.63) is 63.5 Å². The van der Waals surface area contributed by atoms with E-state index in [2.05, 4.69) is 10.3 Å². The van der Waals surface area contributed by atoms with Crippen LogP contribution < -0.4 is 10.1 Å². The highest BCUT2D eigenvalue weighted by molar-refractivity contribution is 8.18. The first-order valence-corrected chi connectivity index (χ1v) is 8.91. The molecule has 1 heterocycles. The van der Waals surface area contributed by atoms with Crippen LogP contribution in [0.5, 0.6) is 5.75 Å². The average Bonchev–Trinajstić information content (AvgIpc) is 2.96. The normalized spacial score (nSPS) is 16.6. The number of rotatable bonds is 4. The number of nitriles is 1. The van der Waals surface area contributed by atoms with Crippen molar-refractivity contribution in [2.24, 2.45) is 4.99 Å². The Kier molecular flexibility index (Phi) is 5.61. The third-order valence-electron chi connectivity index (χ3n) is 3.53. The van der Waals surface area contributed by atoms with Crippen LogP contribution in [0.2, 0.25) is 5.02 Å². The molecule has 0 saturated carbocycles. The Labute approximate surface area is 160 Å². The number of para-hydroxylation sites is 1. The maximum atomic E-state index is 12.2. The van der Waals surface area contributed by atoms with Crippen LogP contribution >= 0.6 is 23.4 Å². The third-order valence-corrected chi connectivity index (χ3v) is 4.85. The summed E-state index contributed by atoms with van der Waals surface area (Å²) in [5.41, 5.74) is 2.36. The molecule has 26 heavy (non-hydrogen) atoms. The highest BCUT2D eigenvalue weighted by Gasteiger charge is 2.24. The van der Waals surface area contributed by atoms with Crippen molar-refractivity contribution in [3.8, 4) is 11.8 Å². The van der Waals surface area contributed by atoms with Gasteiger partial charge in [0.25, 0.3) is 5.91 Å². The highest BCUT2D eigenvalue weighted by atomic mass is 35.5. The molecule has 0 aliphatic carbocycles. The summed E-state index contributed by atoms with van der Waals surface area (Å²) in [5, 5.41) is 12.5. The Morgan fingerprint density at radius 3 is 2.92 bits per heavy atom. The molecule has 0 bridgehead atoms. The number of carbonyl (C=O) groups is 1. The summed E-state index contributed by atoms with van der Waals surface area (Å²) in [4.78, 5) is 17.1. The van der Waals surface area contributed by atoms with Crippen LogP contribution in [0, 0.1) is 18.3 Å². The lowest BCUT2D eigenvalue weighted by atomic mass is 10.2. The summed E-state index contributed by atoms with van der Waals surface area (Å²) in [6, 6.07) is 14.6. The minimum Gasteiger partial charge on any atom is -0.478 e. The minimum atomic E-state index is -0.234. The largest absolute Gasteiger partial charge is 0.478 e. The number of aryl methyl sites for hydroxylation is 1. The summed E-state index contributed by atoms with van der Waals surface area (Å²) in [6.45, 7) is 1.86. The zero-order valence-corrected chi connectivity index (χ0v) is 15.4. The lowest BCUT2D eigenvalue weighted by Gasteiger charge is -2.05. The molecule has 0 radical (unpaired) electrons. The molecule has 1 fully saturated rings. The van der Waals surface area contributed by atoms with Gasteiger partial charge in [-0.2, -0.15) is 5.26 Å². The van der Waals surface area contributed by atoms with E-state index in [-0.39, 0.29) is 12.5 Å². The van der Waals surface area contributed by atoms with Crippen molar-refractivity contribution in [1.29, 1.82) is 5.26 Å². The number of hydrogen-bond acceptors (Lipinski definition) is 5. The van der Waals surface area contributed by atoms with Gasteiger partial charge in [-0.3, -0.25) is 4.79 Å². The van der Waals surface area contributed by atoms with Gasteiger partial charge in [0.05, 0.1) is 10.6 Å². The second-order valence-electron chi connectivity index (χ2n) is 5.40. The van der Waals surface area contributed by atoms with Crippen LogP contribution in [0.4, 0.5) is 5.69 Å². The molecule has 2 aromatic carbocycles. The fraction of sp³-hybridized carbons (Fsp3) is 0.105. The van der Waals surface area contributed by atoms with Gasteiger partial charge in [-0.1, -0.05) is 35.9 Å². The molecule has 2 aromatic rings. The van der Waals surface area contributed by atoms with Crippen LogP contribution in [-0.2, 0) is 4.79 Å². The maximum absolute atomic E-state index is 12.2. The van der Waals surface area contributed by atoms with Gasteiger partial charge in [0, 0.05) is 10.6 Å². The van der Waals surface area contributed by atoms with Crippen LogP contribution in [0.1, 0.15) is 11.1 Å². The Morgan fingerprint density at radius 1 is 1.35 bits per heavy atom. The number of ether oxygens (including phenoxy) is 1. The van der Waals surface area contributed by atoms with E-state index < -0.39 is 0 Å². The van der Waals surface area contributed by atoms with Gasteiger partial charge >= 0.3 is 0 Å². The van der Waals surface area contributed by atoms with E-state index in [9.17, 15) is 4.79 Å². The molecule has 0 atom stereocenters. The molecule has 1 amide bonds. The van der Waals surface area contributed by atoms with E-state index in [1.54, 1.807) is 18.2 Å². The maximum Gasteiger partial charge on any atom is 0.264 e. The lowest BCUT2D eigenvalue weighted by molar-refractivity contribution is -0.115. The molecule has 7 heteroatoms. The van der Waals surface area contributed by atoms with Crippen molar-refractivity contribution in [1.82, 2.24) is 5.32 Å². The Bertz CT molecular complexity index is 963. The summed E-state index contributed by atoms with van der Waals surface area (Å²) < 4.78 is 5.39. The summed E-state index contributed by atoms with van der Waals surface area (Å²) in [5.74, 6) is 0.313. The predicted octanol–water partition coefficient (Wildman–Crippen LogP) is 4.44. The second-order valence-corrected chi connectivity index (χ2v) is 6.84. The zero-order chi connectivity index (χ0) is 18.5. The second kappa shape index (κ2) is 8.09. The van der Waals surface area contributed by atoms with E-state index in [0.29, 0.717) is 26.5 Å². The molecule has 5 nitrogen and oxygen atoms in total. The van der Waals surface area contributed by atoms with E-state index in [0.717, 1.165) is 11.1 Å². The first-order chi connectivity index (χ1) is 12.6. The number of hydrogen-bond donors (Lipinski definition) is 1. The Balaban J connectivity index is 1.84. The third kappa shape index (κ3) is 4.26. The Hall–Kier alpha value is -2.75. The number of thioether (sulfide) groups is 1. The number of aliphatic imine (C=N–C) groups is 1. The van der Waals surface area contributed by atoms with Crippen LogP contribution in [0.25, 0.3) is 6.08 Å². The lowest BCUT2D eigenvalue weighted by Crippen LogP contribution is -2.19. The van der Waals surface area contributed by atoms with Crippen LogP contribution in [0.3, 0.4) is 0 Å². The van der Waals surface area contributed by atoms with Gasteiger partial charge in [0.15, 0.2) is 11.8 Å². The topological polar surface area (TPSA) is 74.5 Å². The van der Waals surface area contributed by atoms with Gasteiger partial charge < -0.3 is 10.1 Å². The fourth-order valence-electron chi connectivity index (χ4n) is 2.23. The van der Waals surface area contributed by atoms with E-state index in [4.69, 9.17) is 21.6 Å². The van der Waals surface area contributed by atoms with Crippen molar-refractivity contribution in [2.75, 3.05) is 6.61 Å². The smallest absolute Gasteiger partial charge is 0.264 e. The molecular formula is C19H14ClN3O2S. The van der Waals surface area contributed by atoms with E-state index in [1.165, 1.54) is 11.8 Å². The quantitative estimate of drug-likeness (QED) is 0.792. The number of benzene rings is 2. The van der Waals surface area contributed by atoms with Crippen LogP contribution in [0.15, 0.2) is 52.4 Å².